The van der Waals surface area contributed by atoms with Gasteiger partial charge < -0.3 is 10.6 Å². The molecule has 2 unspecified atom stereocenters. The number of likely N-dealkylation sites (N-methyl/N-ethyl adjacent to an activating group) is 1. The molecule has 1 amide bonds. The fourth-order valence-electron chi connectivity index (χ4n) is 1.72. The van der Waals surface area contributed by atoms with Crippen LogP contribution in [0.25, 0.3) is 0 Å². The van der Waals surface area contributed by atoms with Crippen LogP contribution in [-0.4, -0.2) is 45.0 Å². The highest BCUT2D eigenvalue weighted by Crippen LogP contribution is 2.19. The Hall–Kier alpha value is -0.620. The van der Waals surface area contributed by atoms with Gasteiger partial charge in [0.25, 0.3) is 0 Å². The number of hydrogen-bond acceptors (Lipinski definition) is 4. The maximum Gasteiger partial charge on any atom is 0.238 e. The zero-order valence-electron chi connectivity index (χ0n) is 9.82. The Morgan fingerprint density at radius 1 is 1.44 bits per heavy atom. The van der Waals surface area contributed by atoms with Gasteiger partial charge in [-0.25, -0.2) is 8.42 Å². The molecule has 94 valence electrons. The molecular formula is C10H20N2O3S. The maximum absolute atomic E-state index is 11.7. The maximum atomic E-state index is 11.7. The first-order chi connectivity index (χ1) is 7.47. The summed E-state index contributed by atoms with van der Waals surface area (Å²) in [5, 5.41) is 4.83. The first-order valence-electron chi connectivity index (χ1n) is 5.64. The minimum Gasteiger partial charge on any atom is -0.353 e. The molecule has 0 radical (unpaired) electrons. The Balaban J connectivity index is 2.53. The van der Waals surface area contributed by atoms with Gasteiger partial charge in [0.1, 0.15) is 5.25 Å². The van der Waals surface area contributed by atoms with E-state index in [4.69, 9.17) is 0 Å². The molecule has 0 aromatic rings. The van der Waals surface area contributed by atoms with Crippen LogP contribution in [0.4, 0.5) is 0 Å². The van der Waals surface area contributed by atoms with E-state index in [0.717, 1.165) is 6.42 Å². The Bertz CT molecular complexity index is 340. The molecule has 6 heteroatoms. The van der Waals surface area contributed by atoms with E-state index in [1.165, 1.54) is 0 Å². The normalized spacial score (nSPS) is 26.0. The van der Waals surface area contributed by atoms with E-state index in [9.17, 15) is 13.2 Å². The van der Waals surface area contributed by atoms with E-state index in [2.05, 4.69) is 10.6 Å². The summed E-state index contributed by atoms with van der Waals surface area (Å²) in [6.07, 6.45) is 1.96. The third kappa shape index (κ3) is 3.45. The van der Waals surface area contributed by atoms with Crippen molar-refractivity contribution in [3.05, 3.63) is 0 Å². The van der Waals surface area contributed by atoms with Crippen molar-refractivity contribution in [2.75, 3.05) is 19.3 Å². The van der Waals surface area contributed by atoms with Crippen LogP contribution >= 0.6 is 0 Å². The molecule has 0 saturated carbocycles. The molecule has 0 bridgehead atoms. The predicted molar refractivity (Wildman–Crippen MR) is 63.0 cm³/mol. The summed E-state index contributed by atoms with van der Waals surface area (Å²) in [5.41, 5.74) is 0. The molecule has 2 atom stereocenters. The van der Waals surface area contributed by atoms with Crippen molar-refractivity contribution in [2.24, 2.45) is 0 Å². The van der Waals surface area contributed by atoms with Gasteiger partial charge in [-0.3, -0.25) is 4.79 Å². The summed E-state index contributed by atoms with van der Waals surface area (Å²) < 4.78 is 23.3. The Morgan fingerprint density at radius 3 is 2.69 bits per heavy atom. The number of carbonyl (C=O) groups is 1. The standard InChI is InChI=1S/C10H20N2O3S/c1-8(11-2)7-12-10(13)9-5-3-4-6-16(9,14)15/h8-9,11H,3-7H2,1-2H3,(H,12,13). The molecule has 0 aromatic heterocycles. The summed E-state index contributed by atoms with van der Waals surface area (Å²) in [4.78, 5) is 11.7. The quantitative estimate of drug-likeness (QED) is 0.715. The van der Waals surface area contributed by atoms with Gasteiger partial charge >= 0.3 is 0 Å². The fourth-order valence-corrected chi connectivity index (χ4v) is 3.54. The molecular weight excluding hydrogens is 228 g/mol. The Kier molecular flexibility index (Phi) is 4.73. The topological polar surface area (TPSA) is 75.3 Å². The average molecular weight is 248 g/mol. The Morgan fingerprint density at radius 2 is 2.12 bits per heavy atom. The molecule has 16 heavy (non-hydrogen) atoms. The van der Waals surface area contributed by atoms with Crippen LogP contribution in [0.15, 0.2) is 0 Å². The zero-order valence-corrected chi connectivity index (χ0v) is 10.6. The summed E-state index contributed by atoms with van der Waals surface area (Å²) >= 11 is 0. The molecule has 2 N–H and O–H groups in total. The number of nitrogens with one attached hydrogen (secondary N) is 2. The third-order valence-corrected chi connectivity index (χ3v) is 5.12. The fraction of sp³-hybridized carbons (Fsp3) is 0.900. The molecule has 1 fully saturated rings. The number of carbonyl (C=O) groups excluding carboxylic acids is 1. The molecule has 0 aromatic carbocycles. The summed E-state index contributed by atoms with van der Waals surface area (Å²) in [6, 6.07) is 0.148. The van der Waals surface area contributed by atoms with Crippen LogP contribution in [0.1, 0.15) is 26.2 Å². The number of rotatable bonds is 4. The minimum atomic E-state index is -3.21. The van der Waals surface area contributed by atoms with Crippen molar-refractivity contribution in [2.45, 2.75) is 37.5 Å². The first kappa shape index (κ1) is 13.4. The summed E-state index contributed by atoms with van der Waals surface area (Å²) in [6.45, 7) is 2.39. The van der Waals surface area contributed by atoms with Gasteiger partial charge in [0, 0.05) is 12.6 Å². The van der Waals surface area contributed by atoms with Crippen LogP contribution in [0, 0.1) is 0 Å². The number of hydrogen-bond donors (Lipinski definition) is 2. The van der Waals surface area contributed by atoms with Crippen molar-refractivity contribution < 1.29 is 13.2 Å². The van der Waals surface area contributed by atoms with Gasteiger partial charge in [-0.15, -0.1) is 0 Å². The lowest BCUT2D eigenvalue weighted by Crippen LogP contribution is -2.46. The molecule has 0 aliphatic carbocycles. The Labute approximate surface area is 96.9 Å². The molecule has 1 rings (SSSR count). The van der Waals surface area contributed by atoms with Crippen LogP contribution < -0.4 is 10.6 Å². The smallest absolute Gasteiger partial charge is 0.238 e. The molecule has 1 heterocycles. The largest absolute Gasteiger partial charge is 0.353 e. The predicted octanol–water partition coefficient (Wildman–Crippen LogP) is -0.322. The SMILES string of the molecule is CNC(C)CNC(=O)C1CCCCS1(=O)=O. The van der Waals surface area contributed by atoms with Crippen molar-refractivity contribution in [1.29, 1.82) is 0 Å². The van der Waals surface area contributed by atoms with E-state index in [-0.39, 0.29) is 17.7 Å². The lowest BCUT2D eigenvalue weighted by molar-refractivity contribution is -0.120. The number of sulfone groups is 1. The van der Waals surface area contributed by atoms with Crippen molar-refractivity contribution in [3.63, 3.8) is 0 Å². The summed E-state index contributed by atoms with van der Waals surface area (Å²) in [5.74, 6) is -0.200. The van der Waals surface area contributed by atoms with E-state index >= 15 is 0 Å². The first-order valence-corrected chi connectivity index (χ1v) is 7.35. The lowest BCUT2D eigenvalue weighted by atomic mass is 10.2. The highest BCUT2D eigenvalue weighted by molar-refractivity contribution is 7.92. The highest BCUT2D eigenvalue weighted by atomic mass is 32.2. The van der Waals surface area contributed by atoms with Crippen LogP contribution in [0.5, 0.6) is 0 Å². The second kappa shape index (κ2) is 5.63. The van der Waals surface area contributed by atoms with E-state index in [1.807, 2.05) is 6.92 Å². The van der Waals surface area contributed by atoms with Gasteiger partial charge in [0.05, 0.1) is 5.75 Å². The van der Waals surface area contributed by atoms with Crippen LogP contribution in [0.2, 0.25) is 0 Å². The average Bonchev–Trinajstić information content (AvgIpc) is 2.24. The van der Waals surface area contributed by atoms with Crippen molar-refractivity contribution >= 4 is 15.7 Å². The minimum absolute atomic E-state index is 0.146. The number of amides is 1. The molecule has 1 aliphatic heterocycles. The van der Waals surface area contributed by atoms with Gasteiger partial charge in [-0.1, -0.05) is 6.42 Å². The van der Waals surface area contributed by atoms with Crippen molar-refractivity contribution in [1.82, 2.24) is 10.6 Å². The van der Waals surface area contributed by atoms with Crippen molar-refractivity contribution in [3.8, 4) is 0 Å². The zero-order chi connectivity index (χ0) is 12.2. The van der Waals surface area contributed by atoms with Gasteiger partial charge in [-0.05, 0) is 26.8 Å². The molecule has 5 nitrogen and oxygen atoms in total. The van der Waals surface area contributed by atoms with Gasteiger partial charge in [0.2, 0.25) is 5.91 Å². The molecule has 0 spiro atoms. The molecule has 1 saturated heterocycles. The van der Waals surface area contributed by atoms with E-state index in [1.54, 1.807) is 7.05 Å². The van der Waals surface area contributed by atoms with Crippen LogP contribution in [-0.2, 0) is 14.6 Å². The summed E-state index contributed by atoms with van der Waals surface area (Å²) in [7, 11) is -1.41. The second-order valence-corrected chi connectivity index (χ2v) is 6.59. The lowest BCUT2D eigenvalue weighted by Gasteiger charge is -2.22. The van der Waals surface area contributed by atoms with E-state index < -0.39 is 15.1 Å². The molecule has 1 aliphatic rings. The highest BCUT2D eigenvalue weighted by Gasteiger charge is 2.34. The monoisotopic (exact) mass is 248 g/mol. The van der Waals surface area contributed by atoms with E-state index in [0.29, 0.717) is 19.4 Å². The third-order valence-electron chi connectivity index (χ3n) is 2.95. The van der Waals surface area contributed by atoms with Gasteiger partial charge in [0.15, 0.2) is 9.84 Å². The van der Waals surface area contributed by atoms with Crippen LogP contribution in [0.3, 0.4) is 0 Å². The second-order valence-electron chi connectivity index (χ2n) is 4.29. The van der Waals surface area contributed by atoms with Gasteiger partial charge in [-0.2, -0.15) is 0 Å².